The second kappa shape index (κ2) is 5.53. The third kappa shape index (κ3) is 2.44. The second-order valence-electron chi connectivity index (χ2n) is 6.56. The highest BCUT2D eigenvalue weighted by molar-refractivity contribution is 5.85. The molecule has 0 saturated heterocycles. The van der Waals surface area contributed by atoms with Gasteiger partial charge in [0.1, 0.15) is 11.9 Å². The first-order valence-corrected chi connectivity index (χ1v) is 7.70. The number of nitrogens with two attached hydrogens (primary N) is 1. The van der Waals surface area contributed by atoms with Gasteiger partial charge in [0.15, 0.2) is 5.65 Å². The SMILES string of the molecule is Cc1cc(NCC(C)(C)C(N)=O)n2c(nc3ccccc32)c1C#N. The Morgan fingerprint density at radius 2 is 2.12 bits per heavy atom. The number of carbonyl (C=O) groups excluding carboxylic acids is 1. The zero-order chi connectivity index (χ0) is 17.5. The molecule has 1 aromatic carbocycles. The van der Waals surface area contributed by atoms with Gasteiger partial charge in [0.2, 0.25) is 5.91 Å². The number of hydrogen-bond donors (Lipinski definition) is 2. The molecule has 0 bridgehead atoms. The number of nitrogens with zero attached hydrogens (tertiary/aromatic N) is 3. The van der Waals surface area contributed by atoms with Gasteiger partial charge in [0.25, 0.3) is 0 Å². The van der Waals surface area contributed by atoms with E-state index < -0.39 is 5.41 Å². The molecule has 0 radical (unpaired) electrons. The maximum absolute atomic E-state index is 11.6. The number of primary amides is 1. The van der Waals surface area contributed by atoms with E-state index in [2.05, 4.69) is 16.4 Å². The molecule has 2 aromatic heterocycles. The lowest BCUT2D eigenvalue weighted by molar-refractivity contribution is -0.125. The van der Waals surface area contributed by atoms with Gasteiger partial charge in [-0.05, 0) is 44.5 Å². The molecule has 3 N–H and O–H groups in total. The van der Waals surface area contributed by atoms with Crippen LogP contribution in [-0.2, 0) is 4.79 Å². The van der Waals surface area contributed by atoms with Gasteiger partial charge in [0.05, 0.1) is 22.0 Å². The maximum atomic E-state index is 11.6. The van der Waals surface area contributed by atoms with Crippen molar-refractivity contribution in [2.45, 2.75) is 20.8 Å². The molecule has 0 unspecified atom stereocenters. The van der Waals surface area contributed by atoms with Gasteiger partial charge in [-0.2, -0.15) is 5.26 Å². The Morgan fingerprint density at radius 1 is 1.42 bits per heavy atom. The molecule has 0 aliphatic carbocycles. The van der Waals surface area contributed by atoms with Gasteiger partial charge in [-0.3, -0.25) is 9.20 Å². The monoisotopic (exact) mass is 321 g/mol. The predicted octanol–water partition coefficient (Wildman–Crippen LogP) is 2.59. The van der Waals surface area contributed by atoms with Crippen LogP contribution in [0.5, 0.6) is 0 Å². The third-order valence-corrected chi connectivity index (χ3v) is 4.26. The smallest absolute Gasteiger partial charge is 0.224 e. The number of hydrogen-bond acceptors (Lipinski definition) is 4. The number of nitrogens with one attached hydrogen (secondary N) is 1. The lowest BCUT2D eigenvalue weighted by Crippen LogP contribution is -2.37. The second-order valence-corrected chi connectivity index (χ2v) is 6.56. The first-order valence-electron chi connectivity index (χ1n) is 7.70. The summed E-state index contributed by atoms with van der Waals surface area (Å²) in [4.78, 5) is 16.2. The van der Waals surface area contributed by atoms with Gasteiger partial charge in [-0.25, -0.2) is 4.98 Å². The van der Waals surface area contributed by atoms with E-state index in [0.29, 0.717) is 17.8 Å². The molecule has 2 heterocycles. The summed E-state index contributed by atoms with van der Waals surface area (Å²) in [6.07, 6.45) is 0. The Morgan fingerprint density at radius 3 is 2.79 bits per heavy atom. The van der Waals surface area contributed by atoms with E-state index in [0.717, 1.165) is 22.4 Å². The van der Waals surface area contributed by atoms with Crippen LogP contribution < -0.4 is 11.1 Å². The molecule has 122 valence electrons. The molecule has 0 atom stereocenters. The number of rotatable bonds is 4. The molecule has 24 heavy (non-hydrogen) atoms. The normalized spacial score (nSPS) is 11.6. The Kier molecular flexibility index (Phi) is 3.64. The maximum Gasteiger partial charge on any atom is 0.224 e. The van der Waals surface area contributed by atoms with Crippen LogP contribution in [0.2, 0.25) is 0 Å². The summed E-state index contributed by atoms with van der Waals surface area (Å²) < 4.78 is 1.91. The van der Waals surface area contributed by atoms with Gasteiger partial charge >= 0.3 is 0 Å². The lowest BCUT2D eigenvalue weighted by Gasteiger charge is -2.22. The van der Waals surface area contributed by atoms with Crippen LogP contribution in [0.15, 0.2) is 30.3 Å². The van der Waals surface area contributed by atoms with Crippen LogP contribution in [-0.4, -0.2) is 21.8 Å². The highest BCUT2D eigenvalue weighted by Gasteiger charge is 2.25. The van der Waals surface area contributed by atoms with Crippen LogP contribution >= 0.6 is 0 Å². The molecule has 0 aliphatic heterocycles. The van der Waals surface area contributed by atoms with E-state index in [1.165, 1.54) is 0 Å². The topological polar surface area (TPSA) is 96.2 Å². The van der Waals surface area contributed by atoms with Gasteiger partial charge in [0, 0.05) is 6.54 Å². The fraction of sp³-hybridized carbons (Fsp3) is 0.278. The minimum Gasteiger partial charge on any atom is -0.370 e. The molecule has 0 aliphatic rings. The largest absolute Gasteiger partial charge is 0.370 e. The van der Waals surface area contributed by atoms with Crippen LogP contribution in [0.3, 0.4) is 0 Å². The van der Waals surface area contributed by atoms with E-state index in [9.17, 15) is 10.1 Å². The third-order valence-electron chi connectivity index (χ3n) is 4.26. The molecule has 3 rings (SSSR count). The van der Waals surface area contributed by atoms with Crippen LogP contribution in [0.4, 0.5) is 5.82 Å². The van der Waals surface area contributed by atoms with Crippen LogP contribution in [0.1, 0.15) is 25.0 Å². The summed E-state index contributed by atoms with van der Waals surface area (Å²) in [6.45, 7) is 5.85. The molecule has 3 aromatic rings. The van der Waals surface area contributed by atoms with Crippen molar-refractivity contribution in [3.05, 3.63) is 41.5 Å². The minimum atomic E-state index is -0.690. The number of aromatic nitrogens is 2. The Labute approximate surface area is 139 Å². The Bertz CT molecular complexity index is 994. The summed E-state index contributed by atoms with van der Waals surface area (Å²) >= 11 is 0. The summed E-state index contributed by atoms with van der Waals surface area (Å²) in [5.41, 5.74) is 8.47. The van der Waals surface area contributed by atoms with Crippen LogP contribution in [0.25, 0.3) is 16.7 Å². The first kappa shape index (κ1) is 15.8. The molecular weight excluding hydrogens is 302 g/mol. The molecule has 0 fully saturated rings. The van der Waals surface area contributed by atoms with Gasteiger partial charge in [-0.15, -0.1) is 0 Å². The van der Waals surface area contributed by atoms with Gasteiger partial charge < -0.3 is 11.1 Å². The van der Waals surface area contributed by atoms with E-state index >= 15 is 0 Å². The van der Waals surface area contributed by atoms with Crippen molar-refractivity contribution in [2.24, 2.45) is 11.1 Å². The average Bonchev–Trinajstić information content (AvgIpc) is 2.91. The van der Waals surface area contributed by atoms with Crippen molar-refractivity contribution in [1.29, 1.82) is 5.26 Å². The number of benzene rings is 1. The summed E-state index contributed by atoms with van der Waals surface area (Å²) in [5.74, 6) is 0.414. The van der Waals surface area contributed by atoms with Gasteiger partial charge in [-0.1, -0.05) is 12.1 Å². The molecule has 0 spiro atoms. The van der Waals surface area contributed by atoms with Crippen LogP contribution in [0, 0.1) is 23.7 Å². The molecule has 6 heteroatoms. The molecular formula is C18H19N5O. The number of imidazole rings is 1. The Hall–Kier alpha value is -3.07. The number of nitriles is 1. The zero-order valence-electron chi connectivity index (χ0n) is 13.9. The fourth-order valence-electron chi connectivity index (χ4n) is 2.62. The zero-order valence-corrected chi connectivity index (χ0v) is 13.9. The number of anilines is 1. The van der Waals surface area contributed by atoms with Crippen molar-refractivity contribution >= 4 is 28.4 Å². The van der Waals surface area contributed by atoms with Crippen molar-refractivity contribution in [3.8, 4) is 6.07 Å². The molecule has 1 amide bonds. The number of para-hydroxylation sites is 2. The summed E-state index contributed by atoms with van der Waals surface area (Å²) in [5, 5.41) is 12.8. The highest BCUT2D eigenvalue weighted by Crippen LogP contribution is 2.27. The predicted molar refractivity (Wildman–Crippen MR) is 93.6 cm³/mol. The standard InChI is InChI=1S/C18H19N5O/c1-11-8-15(21-10-18(2,3)17(20)24)23-14-7-5-4-6-13(14)22-16(23)12(11)9-19/h4-8,21H,10H2,1-3H3,(H2,20,24). The Balaban J connectivity index is 2.21. The highest BCUT2D eigenvalue weighted by atomic mass is 16.1. The molecule has 0 saturated carbocycles. The summed E-state index contributed by atoms with van der Waals surface area (Å²) in [6, 6.07) is 11.8. The van der Waals surface area contributed by atoms with E-state index in [-0.39, 0.29) is 5.91 Å². The first-order chi connectivity index (χ1) is 11.3. The van der Waals surface area contributed by atoms with Crippen molar-refractivity contribution < 1.29 is 4.79 Å². The van der Waals surface area contributed by atoms with E-state index in [4.69, 9.17) is 5.73 Å². The van der Waals surface area contributed by atoms with Crippen molar-refractivity contribution in [2.75, 3.05) is 11.9 Å². The van der Waals surface area contributed by atoms with Crippen molar-refractivity contribution in [1.82, 2.24) is 9.38 Å². The quantitative estimate of drug-likeness (QED) is 0.772. The average molecular weight is 321 g/mol. The summed E-state index contributed by atoms with van der Waals surface area (Å²) in [7, 11) is 0. The van der Waals surface area contributed by atoms with E-state index in [1.54, 1.807) is 13.8 Å². The number of amides is 1. The van der Waals surface area contributed by atoms with E-state index in [1.807, 2.05) is 41.7 Å². The van der Waals surface area contributed by atoms with Crippen molar-refractivity contribution in [3.63, 3.8) is 0 Å². The number of aryl methyl sites for hydroxylation is 1. The lowest BCUT2D eigenvalue weighted by atomic mass is 9.93. The molecule has 6 nitrogen and oxygen atoms in total. The number of carbonyl (C=O) groups is 1. The minimum absolute atomic E-state index is 0.368. The number of pyridine rings is 1. The fourth-order valence-corrected chi connectivity index (χ4v) is 2.62. The number of fused-ring (bicyclic) bond motifs is 3.